The Morgan fingerprint density at radius 2 is 1.90 bits per heavy atom. The third kappa shape index (κ3) is 4.96. The van der Waals surface area contributed by atoms with Gasteiger partial charge in [-0.3, -0.25) is 4.98 Å². The van der Waals surface area contributed by atoms with Crippen LogP contribution in [0, 0.1) is 13.8 Å². The van der Waals surface area contributed by atoms with Crippen molar-refractivity contribution >= 4 is 17.6 Å². The second-order valence-electron chi connectivity index (χ2n) is 7.10. The predicted octanol–water partition coefficient (Wildman–Crippen LogP) is 6.25. The number of hydrogen-bond donors (Lipinski definition) is 1. The van der Waals surface area contributed by atoms with Crippen molar-refractivity contribution in [2.24, 2.45) is 0 Å². The molecular formula is C24H24ClNO3. The van der Waals surface area contributed by atoms with Gasteiger partial charge in [-0.15, -0.1) is 0 Å². The monoisotopic (exact) mass is 409 g/mol. The van der Waals surface area contributed by atoms with Gasteiger partial charge in [-0.1, -0.05) is 54.8 Å². The molecule has 0 atom stereocenters. The first-order valence-corrected chi connectivity index (χ1v) is 9.99. The molecule has 0 aliphatic carbocycles. The number of halogens is 1. The molecule has 0 fully saturated rings. The van der Waals surface area contributed by atoms with Crippen molar-refractivity contribution in [3.8, 4) is 16.9 Å². The first kappa shape index (κ1) is 20.9. The van der Waals surface area contributed by atoms with Crippen LogP contribution in [-0.4, -0.2) is 16.1 Å². The fraction of sp³-hybridized carbons (Fsp3) is 0.250. The third-order valence-electron chi connectivity index (χ3n) is 4.73. The predicted molar refractivity (Wildman–Crippen MR) is 116 cm³/mol. The maximum absolute atomic E-state index is 11.9. The van der Waals surface area contributed by atoms with E-state index in [0.29, 0.717) is 10.7 Å². The lowest BCUT2D eigenvalue weighted by Gasteiger charge is -2.15. The van der Waals surface area contributed by atoms with Crippen LogP contribution in [0.15, 0.2) is 48.5 Å². The van der Waals surface area contributed by atoms with Crippen LogP contribution in [0.2, 0.25) is 5.02 Å². The summed E-state index contributed by atoms with van der Waals surface area (Å²) in [6, 6.07) is 15.0. The van der Waals surface area contributed by atoms with Gasteiger partial charge in [-0.25, -0.2) is 4.79 Å². The van der Waals surface area contributed by atoms with E-state index in [1.807, 2.05) is 50.2 Å². The van der Waals surface area contributed by atoms with Crippen molar-refractivity contribution in [3.63, 3.8) is 0 Å². The van der Waals surface area contributed by atoms with E-state index in [1.54, 1.807) is 12.1 Å². The molecule has 1 heterocycles. The van der Waals surface area contributed by atoms with Crippen molar-refractivity contribution < 1.29 is 14.6 Å². The largest absolute Gasteiger partial charge is 0.487 e. The van der Waals surface area contributed by atoms with Crippen molar-refractivity contribution in [2.75, 3.05) is 0 Å². The molecule has 0 aliphatic rings. The van der Waals surface area contributed by atoms with Gasteiger partial charge in [0.25, 0.3) is 0 Å². The van der Waals surface area contributed by atoms with Gasteiger partial charge in [-0.2, -0.15) is 0 Å². The summed E-state index contributed by atoms with van der Waals surface area (Å²) in [7, 11) is 0. The number of hydrogen-bond acceptors (Lipinski definition) is 3. The highest BCUT2D eigenvalue weighted by atomic mass is 35.5. The molecule has 0 radical (unpaired) electrons. The van der Waals surface area contributed by atoms with E-state index in [4.69, 9.17) is 21.3 Å². The summed E-state index contributed by atoms with van der Waals surface area (Å²) in [5.41, 5.74) is 5.22. The van der Waals surface area contributed by atoms with Crippen molar-refractivity contribution in [1.82, 2.24) is 4.98 Å². The summed E-state index contributed by atoms with van der Waals surface area (Å²) in [6.45, 7) is 6.16. The fourth-order valence-corrected chi connectivity index (χ4v) is 3.52. The molecule has 0 amide bonds. The number of rotatable bonds is 7. The molecule has 29 heavy (non-hydrogen) atoms. The molecular weight excluding hydrogens is 386 g/mol. The lowest BCUT2D eigenvalue weighted by atomic mass is 9.98. The van der Waals surface area contributed by atoms with Crippen LogP contribution in [0.3, 0.4) is 0 Å². The second-order valence-corrected chi connectivity index (χ2v) is 7.54. The Labute approximate surface area is 176 Å². The standard InChI is InChI=1S/C24H24ClNO3/c1-4-6-21-19(17-7-5-8-18(25)12-17)13-20(24(27)28)22(26-21)14-29-23-10-9-15(2)11-16(23)3/h5,7-13H,4,6,14H2,1-3H3,(H,27,28). The van der Waals surface area contributed by atoms with E-state index in [9.17, 15) is 9.90 Å². The van der Waals surface area contributed by atoms with E-state index in [0.717, 1.165) is 46.5 Å². The molecule has 4 nitrogen and oxygen atoms in total. The second kappa shape index (κ2) is 9.10. The Morgan fingerprint density at radius 1 is 1.10 bits per heavy atom. The Kier molecular flexibility index (Phi) is 6.55. The zero-order chi connectivity index (χ0) is 21.0. The normalized spacial score (nSPS) is 10.8. The van der Waals surface area contributed by atoms with Gasteiger partial charge in [0, 0.05) is 16.3 Å². The van der Waals surface area contributed by atoms with Gasteiger partial charge < -0.3 is 9.84 Å². The van der Waals surface area contributed by atoms with E-state index in [-0.39, 0.29) is 12.2 Å². The highest BCUT2D eigenvalue weighted by Gasteiger charge is 2.18. The minimum Gasteiger partial charge on any atom is -0.487 e. The molecule has 3 aromatic rings. The summed E-state index contributed by atoms with van der Waals surface area (Å²) in [6.07, 6.45) is 1.63. The van der Waals surface area contributed by atoms with E-state index < -0.39 is 5.97 Å². The van der Waals surface area contributed by atoms with Crippen molar-refractivity contribution in [2.45, 2.75) is 40.2 Å². The minimum absolute atomic E-state index is 0.0953. The van der Waals surface area contributed by atoms with Crippen molar-refractivity contribution in [1.29, 1.82) is 0 Å². The number of aromatic carboxylic acids is 1. The highest BCUT2D eigenvalue weighted by Crippen LogP contribution is 2.29. The van der Waals surface area contributed by atoms with Gasteiger partial charge >= 0.3 is 5.97 Å². The number of benzene rings is 2. The van der Waals surface area contributed by atoms with Gasteiger partial charge in [0.1, 0.15) is 12.4 Å². The first-order chi connectivity index (χ1) is 13.9. The Hall–Kier alpha value is -2.85. The highest BCUT2D eigenvalue weighted by molar-refractivity contribution is 6.30. The van der Waals surface area contributed by atoms with Crippen LogP contribution >= 0.6 is 11.6 Å². The number of ether oxygens (including phenoxy) is 1. The number of carboxylic acid groups (broad SMARTS) is 1. The van der Waals surface area contributed by atoms with Crippen LogP contribution in [0.5, 0.6) is 5.75 Å². The average molecular weight is 410 g/mol. The van der Waals surface area contributed by atoms with Crippen LogP contribution in [0.1, 0.15) is 46.2 Å². The van der Waals surface area contributed by atoms with Crippen LogP contribution < -0.4 is 4.74 Å². The summed E-state index contributed by atoms with van der Waals surface area (Å²) in [5.74, 6) is -0.298. The Balaban J connectivity index is 2.02. The maximum atomic E-state index is 11.9. The SMILES string of the molecule is CCCc1nc(COc2ccc(C)cc2C)c(C(=O)O)cc1-c1cccc(Cl)c1. The lowest BCUT2D eigenvalue weighted by molar-refractivity contribution is 0.0693. The zero-order valence-corrected chi connectivity index (χ0v) is 17.6. The zero-order valence-electron chi connectivity index (χ0n) is 16.8. The quantitative estimate of drug-likeness (QED) is 0.501. The fourth-order valence-electron chi connectivity index (χ4n) is 3.33. The van der Waals surface area contributed by atoms with Gasteiger partial charge in [0.15, 0.2) is 0 Å². The molecule has 0 saturated carbocycles. The maximum Gasteiger partial charge on any atom is 0.337 e. The number of carboxylic acids is 1. The number of carbonyl (C=O) groups is 1. The van der Waals surface area contributed by atoms with Crippen LogP contribution in [-0.2, 0) is 13.0 Å². The summed E-state index contributed by atoms with van der Waals surface area (Å²) in [4.78, 5) is 16.6. The van der Waals surface area contributed by atoms with Crippen LogP contribution in [0.25, 0.3) is 11.1 Å². The molecule has 3 rings (SSSR count). The van der Waals surface area contributed by atoms with Gasteiger partial charge in [0.2, 0.25) is 0 Å². The van der Waals surface area contributed by atoms with E-state index in [1.165, 1.54) is 0 Å². The topological polar surface area (TPSA) is 59.4 Å². The molecule has 0 unspecified atom stereocenters. The summed E-state index contributed by atoms with van der Waals surface area (Å²) >= 11 is 6.14. The molecule has 0 aliphatic heterocycles. The number of aromatic nitrogens is 1. The third-order valence-corrected chi connectivity index (χ3v) is 4.96. The molecule has 0 bridgehead atoms. The molecule has 2 aromatic carbocycles. The van der Waals surface area contributed by atoms with E-state index >= 15 is 0 Å². The Bertz CT molecular complexity index is 1050. The average Bonchev–Trinajstić information content (AvgIpc) is 2.67. The molecule has 0 spiro atoms. The smallest absolute Gasteiger partial charge is 0.337 e. The molecule has 1 N–H and O–H groups in total. The molecule has 150 valence electrons. The first-order valence-electron chi connectivity index (χ1n) is 9.61. The van der Waals surface area contributed by atoms with E-state index in [2.05, 4.69) is 6.92 Å². The van der Waals surface area contributed by atoms with Gasteiger partial charge in [0.05, 0.1) is 11.3 Å². The Morgan fingerprint density at radius 3 is 2.55 bits per heavy atom. The minimum atomic E-state index is -1.02. The van der Waals surface area contributed by atoms with Crippen molar-refractivity contribution in [3.05, 3.63) is 81.6 Å². The van der Waals surface area contributed by atoms with Crippen LogP contribution in [0.4, 0.5) is 0 Å². The summed E-state index contributed by atoms with van der Waals surface area (Å²) in [5, 5.41) is 10.4. The molecule has 1 aromatic heterocycles. The lowest BCUT2D eigenvalue weighted by Crippen LogP contribution is -2.11. The van der Waals surface area contributed by atoms with Gasteiger partial charge in [-0.05, 0) is 55.7 Å². The molecule has 5 heteroatoms. The number of nitrogens with zero attached hydrogens (tertiary/aromatic N) is 1. The number of pyridine rings is 1. The molecule has 0 saturated heterocycles. The summed E-state index contributed by atoms with van der Waals surface area (Å²) < 4.78 is 5.92. The number of aryl methyl sites for hydroxylation is 3.